The van der Waals surface area contributed by atoms with Crippen molar-refractivity contribution in [3.05, 3.63) is 17.3 Å². The van der Waals surface area contributed by atoms with Crippen LogP contribution < -0.4 is 4.90 Å². The summed E-state index contributed by atoms with van der Waals surface area (Å²) in [7, 11) is 4.25. The Labute approximate surface area is 117 Å². The number of rotatable bonds is 4. The Balaban J connectivity index is 1.84. The predicted molar refractivity (Wildman–Crippen MR) is 77.9 cm³/mol. The number of fused-ring (bicyclic) bond motifs is 1. The average molecular weight is 280 g/mol. The molecule has 0 aliphatic carbocycles. The van der Waals surface area contributed by atoms with E-state index >= 15 is 0 Å². The maximum atomic E-state index is 9.59. The number of imidazole rings is 1. The van der Waals surface area contributed by atoms with E-state index in [4.69, 9.17) is 0 Å². The molecule has 0 spiro atoms. The van der Waals surface area contributed by atoms with Crippen LogP contribution >= 0.6 is 11.3 Å². The first-order valence-corrected chi connectivity index (χ1v) is 7.55. The third-order valence-corrected chi connectivity index (χ3v) is 4.76. The van der Waals surface area contributed by atoms with Crippen LogP contribution in [0.5, 0.6) is 0 Å². The van der Waals surface area contributed by atoms with Gasteiger partial charge in [-0.15, -0.1) is 11.3 Å². The maximum Gasteiger partial charge on any atom is 0.195 e. The highest BCUT2D eigenvalue weighted by atomic mass is 32.1. The Morgan fingerprint density at radius 1 is 1.58 bits per heavy atom. The zero-order valence-corrected chi connectivity index (χ0v) is 12.2. The van der Waals surface area contributed by atoms with Gasteiger partial charge in [0.05, 0.1) is 12.3 Å². The van der Waals surface area contributed by atoms with Crippen molar-refractivity contribution in [2.75, 3.05) is 32.1 Å². The molecule has 2 aromatic heterocycles. The number of aliphatic hydroxyl groups excluding tert-OH is 1. The van der Waals surface area contributed by atoms with Crippen LogP contribution in [0.3, 0.4) is 0 Å². The number of hydrogen-bond acceptors (Lipinski definition) is 5. The minimum Gasteiger partial charge on any atom is -0.390 e. The summed E-state index contributed by atoms with van der Waals surface area (Å²) >= 11 is 1.60. The van der Waals surface area contributed by atoms with Crippen LogP contribution in [0, 0.1) is 0 Å². The smallest absolute Gasteiger partial charge is 0.195 e. The largest absolute Gasteiger partial charge is 0.390 e. The van der Waals surface area contributed by atoms with Gasteiger partial charge in [0.2, 0.25) is 0 Å². The number of hydrogen-bond donors (Lipinski definition) is 1. The molecule has 1 atom stereocenters. The molecule has 0 amide bonds. The van der Waals surface area contributed by atoms with Crippen LogP contribution in [0.1, 0.15) is 18.5 Å². The third-order valence-electron chi connectivity index (χ3n) is 4.01. The molecule has 0 bridgehead atoms. The van der Waals surface area contributed by atoms with E-state index in [0.717, 1.165) is 23.0 Å². The number of nitrogens with zero attached hydrogens (tertiary/aromatic N) is 4. The van der Waals surface area contributed by atoms with Crippen molar-refractivity contribution in [1.82, 2.24) is 14.3 Å². The number of aliphatic hydroxyl groups is 1. The van der Waals surface area contributed by atoms with Gasteiger partial charge < -0.3 is 14.9 Å². The molecule has 1 aliphatic heterocycles. The highest BCUT2D eigenvalue weighted by Crippen LogP contribution is 2.25. The highest BCUT2D eigenvalue weighted by molar-refractivity contribution is 7.15. The molecule has 6 heteroatoms. The summed E-state index contributed by atoms with van der Waals surface area (Å²) in [4.78, 5) is 10.2. The minimum atomic E-state index is 0.0259. The molecule has 3 heterocycles. The minimum absolute atomic E-state index is 0.0259. The molecule has 1 N–H and O–H groups in total. The molecule has 1 saturated heterocycles. The fraction of sp³-hybridized carbons (Fsp3) is 0.615. The molecule has 0 aromatic carbocycles. The highest BCUT2D eigenvalue weighted by Gasteiger charge is 2.24. The Bertz CT molecular complexity index is 564. The topological polar surface area (TPSA) is 44.0 Å². The monoisotopic (exact) mass is 280 g/mol. The zero-order valence-electron chi connectivity index (χ0n) is 11.4. The summed E-state index contributed by atoms with van der Waals surface area (Å²) in [6, 6.07) is 0.594. The van der Waals surface area contributed by atoms with Crippen molar-refractivity contribution < 1.29 is 5.11 Å². The van der Waals surface area contributed by atoms with E-state index in [1.807, 2.05) is 16.0 Å². The molecular weight excluding hydrogens is 260 g/mol. The lowest BCUT2D eigenvalue weighted by Gasteiger charge is -2.26. The van der Waals surface area contributed by atoms with Crippen LogP contribution in [0.25, 0.3) is 4.96 Å². The lowest BCUT2D eigenvalue weighted by atomic mass is 10.2. The number of thiazole rings is 1. The van der Waals surface area contributed by atoms with E-state index in [1.165, 1.54) is 19.4 Å². The van der Waals surface area contributed by atoms with E-state index < -0.39 is 0 Å². The molecule has 19 heavy (non-hydrogen) atoms. The normalized spacial score (nSPS) is 20.5. The number of likely N-dealkylation sites (tertiary alicyclic amines) is 1. The first kappa shape index (κ1) is 12.9. The second-order valence-corrected chi connectivity index (χ2v) is 6.13. The number of aromatic nitrogens is 2. The Morgan fingerprint density at radius 3 is 3.11 bits per heavy atom. The van der Waals surface area contributed by atoms with Gasteiger partial charge >= 0.3 is 0 Å². The van der Waals surface area contributed by atoms with Crippen molar-refractivity contribution in [1.29, 1.82) is 0 Å². The molecule has 1 fully saturated rings. The van der Waals surface area contributed by atoms with Gasteiger partial charge in [-0.2, -0.15) is 0 Å². The lowest BCUT2D eigenvalue weighted by Crippen LogP contribution is -2.37. The summed E-state index contributed by atoms with van der Waals surface area (Å²) in [5.41, 5.74) is 0.888. The molecule has 0 radical (unpaired) electrons. The van der Waals surface area contributed by atoms with Gasteiger partial charge in [0.1, 0.15) is 0 Å². The van der Waals surface area contributed by atoms with Crippen LogP contribution in [-0.4, -0.2) is 52.6 Å². The molecule has 104 valence electrons. The average Bonchev–Trinajstić information content (AvgIpc) is 3.05. The van der Waals surface area contributed by atoms with Crippen molar-refractivity contribution in [2.45, 2.75) is 25.5 Å². The molecule has 2 aromatic rings. The van der Waals surface area contributed by atoms with Crippen molar-refractivity contribution in [2.24, 2.45) is 0 Å². The zero-order chi connectivity index (χ0) is 13.4. The fourth-order valence-electron chi connectivity index (χ4n) is 2.89. The van der Waals surface area contributed by atoms with Gasteiger partial charge in [-0.1, -0.05) is 0 Å². The quantitative estimate of drug-likeness (QED) is 0.920. The van der Waals surface area contributed by atoms with Gasteiger partial charge in [0, 0.05) is 31.2 Å². The van der Waals surface area contributed by atoms with Gasteiger partial charge in [-0.05, 0) is 26.4 Å². The third kappa shape index (κ3) is 2.24. The van der Waals surface area contributed by atoms with Crippen LogP contribution in [0.2, 0.25) is 0 Å². The Kier molecular flexibility index (Phi) is 3.47. The SMILES string of the molecule is CN(CC1CCCN1C)c1nc2sccn2c1CO. The van der Waals surface area contributed by atoms with Gasteiger partial charge in [-0.25, -0.2) is 4.98 Å². The Morgan fingerprint density at radius 2 is 2.42 bits per heavy atom. The van der Waals surface area contributed by atoms with Crippen molar-refractivity contribution in [3.8, 4) is 0 Å². The first-order valence-electron chi connectivity index (χ1n) is 6.67. The fourth-order valence-corrected chi connectivity index (χ4v) is 3.61. The Hall–Kier alpha value is -1.11. The lowest BCUT2D eigenvalue weighted by molar-refractivity contribution is 0.275. The van der Waals surface area contributed by atoms with Crippen LogP contribution in [0.4, 0.5) is 5.82 Å². The maximum absolute atomic E-state index is 9.59. The standard InChI is InChI=1S/C13H20N4OS/c1-15-5-3-4-10(15)8-16(2)12-11(9-18)17-6-7-19-13(17)14-12/h6-7,10,18H,3-5,8-9H2,1-2H3. The second-order valence-electron chi connectivity index (χ2n) is 5.25. The number of likely N-dealkylation sites (N-methyl/N-ethyl adjacent to an activating group) is 2. The van der Waals surface area contributed by atoms with Gasteiger partial charge in [-0.3, -0.25) is 4.40 Å². The summed E-state index contributed by atoms with van der Waals surface area (Å²) < 4.78 is 1.98. The second kappa shape index (κ2) is 5.11. The molecule has 3 rings (SSSR count). The summed E-state index contributed by atoms with van der Waals surface area (Å²) in [6.07, 6.45) is 4.50. The molecule has 1 unspecified atom stereocenters. The van der Waals surface area contributed by atoms with E-state index in [0.29, 0.717) is 6.04 Å². The van der Waals surface area contributed by atoms with Gasteiger partial charge in [0.25, 0.3) is 0 Å². The molecular formula is C13H20N4OS. The summed E-state index contributed by atoms with van der Waals surface area (Å²) in [5.74, 6) is 0.912. The summed E-state index contributed by atoms with van der Waals surface area (Å²) in [5, 5.41) is 11.6. The molecule has 5 nitrogen and oxygen atoms in total. The first-order chi connectivity index (χ1) is 9.20. The van der Waals surface area contributed by atoms with E-state index in [9.17, 15) is 5.11 Å². The van der Waals surface area contributed by atoms with E-state index in [2.05, 4.69) is 28.9 Å². The van der Waals surface area contributed by atoms with Gasteiger partial charge in [0.15, 0.2) is 10.8 Å². The molecule has 0 saturated carbocycles. The van der Waals surface area contributed by atoms with Crippen molar-refractivity contribution in [3.63, 3.8) is 0 Å². The van der Waals surface area contributed by atoms with Crippen LogP contribution in [-0.2, 0) is 6.61 Å². The van der Waals surface area contributed by atoms with E-state index in [1.54, 1.807) is 11.3 Å². The number of anilines is 1. The summed E-state index contributed by atoms with van der Waals surface area (Å²) in [6.45, 7) is 2.18. The predicted octanol–water partition coefficient (Wildman–Crippen LogP) is 1.42. The van der Waals surface area contributed by atoms with Crippen LogP contribution in [0.15, 0.2) is 11.6 Å². The van der Waals surface area contributed by atoms with Crippen molar-refractivity contribution >= 4 is 22.1 Å². The molecule has 1 aliphatic rings. The van der Waals surface area contributed by atoms with E-state index in [-0.39, 0.29) is 6.61 Å².